The Kier molecular flexibility index (Phi) is 9.57. The summed E-state index contributed by atoms with van der Waals surface area (Å²) in [6.45, 7) is 5.69. The van der Waals surface area contributed by atoms with Crippen molar-refractivity contribution in [1.29, 1.82) is 0 Å². The van der Waals surface area contributed by atoms with Crippen LogP contribution in [0.15, 0.2) is 41.7 Å². The summed E-state index contributed by atoms with van der Waals surface area (Å²) in [6, 6.07) is 3.91. The van der Waals surface area contributed by atoms with Gasteiger partial charge in [0.15, 0.2) is 0 Å². The molecule has 5 heterocycles. The standard InChI is InChI=1S/C21H23N5O.2C2HF3O2/c1-2-9-25-10-5-14(6-11-25)17-13-26-18-4-8-23-21(27)19(18)16-12-22-7-3-15(16)20(26)24-17;2*3-2(4,5)1(6)7/h3-4,7-8,12-14H,2,5-6,9-11H2,1H3,(H,23,27);2*(H,6,7). The number of likely N-dealkylation sites (tertiary alicyclic amines) is 1. The molecule has 1 fully saturated rings. The molecule has 0 aromatic carbocycles. The van der Waals surface area contributed by atoms with Gasteiger partial charge in [0.2, 0.25) is 0 Å². The van der Waals surface area contributed by atoms with Crippen LogP contribution in [0.4, 0.5) is 26.3 Å². The van der Waals surface area contributed by atoms with Crippen molar-refractivity contribution in [3.63, 3.8) is 0 Å². The summed E-state index contributed by atoms with van der Waals surface area (Å²) in [5, 5.41) is 16.8. The zero-order chi connectivity index (χ0) is 30.5. The highest BCUT2D eigenvalue weighted by Crippen LogP contribution is 2.32. The van der Waals surface area contributed by atoms with Crippen molar-refractivity contribution in [2.75, 3.05) is 19.6 Å². The number of aromatic amines is 1. The molecular formula is C25H25F6N5O5. The van der Waals surface area contributed by atoms with Crippen molar-refractivity contribution in [2.24, 2.45) is 0 Å². The first-order valence-electron chi connectivity index (χ1n) is 12.2. The Balaban J connectivity index is 0.000000276. The lowest BCUT2D eigenvalue weighted by Gasteiger charge is -2.30. The molecule has 0 spiro atoms. The van der Waals surface area contributed by atoms with Crippen LogP contribution < -0.4 is 5.56 Å². The van der Waals surface area contributed by atoms with Gasteiger partial charge in [0, 0.05) is 41.5 Å². The average molecular weight is 589 g/mol. The Morgan fingerprint density at radius 2 is 1.61 bits per heavy atom. The number of piperidine rings is 1. The summed E-state index contributed by atoms with van der Waals surface area (Å²) in [4.78, 5) is 44.9. The molecule has 1 saturated heterocycles. The summed E-state index contributed by atoms with van der Waals surface area (Å²) in [7, 11) is 0. The summed E-state index contributed by atoms with van der Waals surface area (Å²) in [5.74, 6) is -5.04. The van der Waals surface area contributed by atoms with Crippen LogP contribution in [0.1, 0.15) is 37.8 Å². The van der Waals surface area contributed by atoms with Gasteiger partial charge in [0.25, 0.3) is 5.56 Å². The van der Waals surface area contributed by atoms with Crippen LogP contribution in [0, 0.1) is 0 Å². The summed E-state index contributed by atoms with van der Waals surface area (Å²) < 4.78 is 65.6. The molecule has 16 heteroatoms. The van der Waals surface area contributed by atoms with Crippen LogP contribution in [-0.4, -0.2) is 78.4 Å². The van der Waals surface area contributed by atoms with Crippen LogP contribution in [0.2, 0.25) is 0 Å². The molecule has 4 aromatic rings. The van der Waals surface area contributed by atoms with Crippen molar-refractivity contribution in [2.45, 2.75) is 44.5 Å². The second kappa shape index (κ2) is 12.5. The number of fused-ring (bicyclic) bond motifs is 6. The van der Waals surface area contributed by atoms with Crippen LogP contribution in [0.25, 0.3) is 27.3 Å². The van der Waals surface area contributed by atoms with Crippen LogP contribution in [0.3, 0.4) is 0 Å². The van der Waals surface area contributed by atoms with E-state index in [0.29, 0.717) is 11.3 Å². The SMILES string of the molecule is CCCN1CCC(c2cn3c4cc[nH]c(=O)c4c4cnccc4c3n2)CC1.O=C(O)C(F)(F)F.O=C(O)C(F)(F)F. The lowest BCUT2D eigenvalue weighted by atomic mass is 9.94. The Bertz CT molecular complexity index is 1570. The first kappa shape index (κ1) is 31.3. The number of halogens is 6. The van der Waals surface area contributed by atoms with Gasteiger partial charge in [-0.05, 0) is 51.0 Å². The molecule has 4 aromatic heterocycles. The second-order valence-electron chi connectivity index (χ2n) is 9.07. The summed E-state index contributed by atoms with van der Waals surface area (Å²) in [6.07, 6.45) is 0.698. The number of imidazole rings is 1. The first-order chi connectivity index (χ1) is 19.1. The fourth-order valence-corrected chi connectivity index (χ4v) is 4.46. The molecule has 222 valence electrons. The minimum atomic E-state index is -5.08. The second-order valence-corrected chi connectivity index (χ2v) is 9.07. The lowest BCUT2D eigenvalue weighted by Crippen LogP contribution is -2.33. The third kappa shape index (κ3) is 7.50. The van der Waals surface area contributed by atoms with E-state index in [9.17, 15) is 31.1 Å². The number of aliphatic carboxylic acids is 2. The highest BCUT2D eigenvalue weighted by Gasteiger charge is 2.38. The number of nitrogens with one attached hydrogen (secondary N) is 1. The van der Waals surface area contributed by atoms with Gasteiger partial charge in [-0.25, -0.2) is 14.6 Å². The van der Waals surface area contributed by atoms with Gasteiger partial charge in [-0.2, -0.15) is 26.3 Å². The van der Waals surface area contributed by atoms with E-state index in [4.69, 9.17) is 24.8 Å². The minimum Gasteiger partial charge on any atom is -0.475 e. The van der Waals surface area contributed by atoms with E-state index in [2.05, 4.69) is 32.4 Å². The van der Waals surface area contributed by atoms with Crippen LogP contribution in [-0.2, 0) is 9.59 Å². The highest BCUT2D eigenvalue weighted by molar-refractivity contribution is 6.10. The fraction of sp³-hybridized carbons (Fsp3) is 0.400. The Morgan fingerprint density at radius 1 is 1.02 bits per heavy atom. The smallest absolute Gasteiger partial charge is 0.475 e. The maximum atomic E-state index is 12.5. The number of rotatable bonds is 3. The molecule has 0 unspecified atom stereocenters. The fourth-order valence-electron chi connectivity index (χ4n) is 4.46. The number of carbonyl (C=O) groups is 2. The Morgan fingerprint density at radius 3 is 2.15 bits per heavy atom. The van der Waals surface area contributed by atoms with Crippen molar-refractivity contribution in [1.82, 2.24) is 24.3 Å². The van der Waals surface area contributed by atoms with E-state index in [-0.39, 0.29) is 5.56 Å². The molecule has 1 aliphatic rings. The largest absolute Gasteiger partial charge is 0.490 e. The normalized spacial score (nSPS) is 14.8. The van der Waals surface area contributed by atoms with E-state index >= 15 is 0 Å². The number of H-pyrrole nitrogens is 1. The quantitative estimate of drug-likeness (QED) is 0.233. The van der Waals surface area contributed by atoms with Gasteiger partial charge in [-0.15, -0.1) is 0 Å². The van der Waals surface area contributed by atoms with Crippen LogP contribution >= 0.6 is 0 Å². The van der Waals surface area contributed by atoms with Gasteiger partial charge in [0.05, 0.1) is 16.6 Å². The zero-order valence-electron chi connectivity index (χ0n) is 21.5. The van der Waals surface area contributed by atoms with Crippen LogP contribution in [0.5, 0.6) is 0 Å². The number of carboxylic acid groups (broad SMARTS) is 2. The number of pyridine rings is 3. The molecule has 0 bridgehead atoms. The topological polar surface area (TPSA) is 141 Å². The molecule has 0 saturated carbocycles. The molecule has 0 atom stereocenters. The minimum absolute atomic E-state index is 0.0875. The van der Waals surface area contributed by atoms with E-state index in [1.807, 2.05) is 12.1 Å². The number of aromatic nitrogens is 4. The van der Waals surface area contributed by atoms with Crippen molar-refractivity contribution in [3.05, 3.63) is 53.0 Å². The number of carboxylic acids is 2. The number of alkyl halides is 6. The molecule has 0 amide bonds. The van der Waals surface area contributed by atoms with Gasteiger partial charge < -0.3 is 20.1 Å². The van der Waals surface area contributed by atoms with E-state index in [1.54, 1.807) is 18.6 Å². The molecule has 41 heavy (non-hydrogen) atoms. The molecular weight excluding hydrogens is 564 g/mol. The van der Waals surface area contributed by atoms with Gasteiger partial charge >= 0.3 is 24.3 Å². The first-order valence-corrected chi connectivity index (χ1v) is 12.2. The predicted molar refractivity (Wildman–Crippen MR) is 135 cm³/mol. The van der Waals surface area contributed by atoms with Crippen molar-refractivity contribution >= 4 is 39.3 Å². The summed E-state index contributed by atoms with van der Waals surface area (Å²) in [5.41, 5.74) is 2.85. The number of hydrogen-bond acceptors (Lipinski definition) is 6. The predicted octanol–water partition coefficient (Wildman–Crippen LogP) is 4.58. The zero-order valence-corrected chi connectivity index (χ0v) is 21.5. The Hall–Kier alpha value is -4.21. The lowest BCUT2D eigenvalue weighted by molar-refractivity contribution is -0.193. The van der Waals surface area contributed by atoms with Crippen molar-refractivity contribution < 1.29 is 46.1 Å². The highest BCUT2D eigenvalue weighted by atomic mass is 19.4. The van der Waals surface area contributed by atoms with Crippen molar-refractivity contribution in [3.8, 4) is 0 Å². The molecule has 3 N–H and O–H groups in total. The molecule has 0 radical (unpaired) electrons. The third-order valence-corrected chi connectivity index (χ3v) is 6.28. The molecule has 5 rings (SSSR count). The maximum Gasteiger partial charge on any atom is 0.490 e. The van der Waals surface area contributed by atoms with E-state index in [0.717, 1.165) is 53.6 Å². The van der Waals surface area contributed by atoms with Gasteiger partial charge in [-0.3, -0.25) is 14.2 Å². The Labute approximate surface area is 227 Å². The maximum absolute atomic E-state index is 12.5. The number of hydrogen-bond donors (Lipinski definition) is 3. The monoisotopic (exact) mass is 589 g/mol. The average Bonchev–Trinajstić information content (AvgIpc) is 3.35. The molecule has 10 nitrogen and oxygen atoms in total. The number of nitrogens with zero attached hydrogens (tertiary/aromatic N) is 4. The van der Waals surface area contributed by atoms with Gasteiger partial charge in [-0.1, -0.05) is 6.92 Å². The summed E-state index contributed by atoms with van der Waals surface area (Å²) >= 11 is 0. The van der Waals surface area contributed by atoms with E-state index in [1.165, 1.54) is 13.0 Å². The molecule has 1 aliphatic heterocycles. The van der Waals surface area contributed by atoms with Gasteiger partial charge in [0.1, 0.15) is 5.65 Å². The molecule has 0 aliphatic carbocycles. The van der Waals surface area contributed by atoms with E-state index < -0.39 is 24.3 Å². The third-order valence-electron chi connectivity index (χ3n) is 6.28.